The van der Waals surface area contributed by atoms with E-state index in [-0.39, 0.29) is 0 Å². The van der Waals surface area contributed by atoms with E-state index >= 15 is 0 Å². The fourth-order valence-electron chi connectivity index (χ4n) is 1.66. The van der Waals surface area contributed by atoms with Gasteiger partial charge in [-0.25, -0.2) is 9.78 Å². The first-order valence-corrected chi connectivity index (χ1v) is 5.03. The largest absolute Gasteiger partial charge is 0.477 e. The van der Waals surface area contributed by atoms with Gasteiger partial charge in [-0.3, -0.25) is 0 Å². The van der Waals surface area contributed by atoms with E-state index in [0.717, 1.165) is 12.2 Å². The minimum atomic E-state index is -0.898. The molecule has 0 fully saturated rings. The number of carboxylic acid groups (broad SMARTS) is 1. The van der Waals surface area contributed by atoms with Crippen LogP contribution < -0.4 is 0 Å². The van der Waals surface area contributed by atoms with Gasteiger partial charge in [-0.05, 0) is 12.1 Å². The standard InChI is InChI=1S/C11H13N3O2/c1-13-8-5-12-10(13)4-7-14-6-2-3-9(14)11(15)16/h2-3,5-6,8H,4,7H2,1H3,(H,15,16). The second-order valence-electron chi connectivity index (χ2n) is 3.60. The molecule has 2 heterocycles. The van der Waals surface area contributed by atoms with Gasteiger partial charge in [-0.15, -0.1) is 0 Å². The van der Waals surface area contributed by atoms with Gasteiger partial charge in [-0.1, -0.05) is 0 Å². The molecule has 0 radical (unpaired) electrons. The summed E-state index contributed by atoms with van der Waals surface area (Å²) in [6, 6.07) is 3.34. The summed E-state index contributed by atoms with van der Waals surface area (Å²) in [7, 11) is 1.93. The van der Waals surface area contributed by atoms with E-state index in [1.165, 1.54) is 0 Å². The smallest absolute Gasteiger partial charge is 0.352 e. The molecule has 0 aliphatic heterocycles. The lowest BCUT2D eigenvalue weighted by Gasteiger charge is -2.06. The first-order chi connectivity index (χ1) is 7.68. The highest BCUT2D eigenvalue weighted by molar-refractivity contribution is 5.85. The van der Waals surface area contributed by atoms with E-state index in [1.807, 2.05) is 17.8 Å². The summed E-state index contributed by atoms with van der Waals surface area (Å²) in [5.74, 6) is 0.0508. The molecule has 0 unspecified atom stereocenters. The van der Waals surface area contributed by atoms with Crippen molar-refractivity contribution < 1.29 is 9.90 Å². The number of carboxylic acids is 1. The molecule has 2 aromatic rings. The molecule has 0 saturated heterocycles. The zero-order valence-corrected chi connectivity index (χ0v) is 9.00. The van der Waals surface area contributed by atoms with Crippen LogP contribution in [-0.4, -0.2) is 25.2 Å². The average molecular weight is 219 g/mol. The predicted octanol–water partition coefficient (Wildman–Crippen LogP) is 1.16. The van der Waals surface area contributed by atoms with Crippen LogP contribution in [0.2, 0.25) is 0 Å². The molecular formula is C11H13N3O2. The number of hydrogen-bond acceptors (Lipinski definition) is 2. The molecule has 0 saturated carbocycles. The molecule has 0 spiro atoms. The summed E-state index contributed by atoms with van der Waals surface area (Å²) in [4.78, 5) is 15.1. The Balaban J connectivity index is 2.08. The van der Waals surface area contributed by atoms with Gasteiger partial charge >= 0.3 is 5.97 Å². The Morgan fingerprint density at radius 3 is 2.94 bits per heavy atom. The van der Waals surface area contributed by atoms with Crippen molar-refractivity contribution in [2.24, 2.45) is 7.05 Å². The fraction of sp³-hybridized carbons (Fsp3) is 0.273. The maximum atomic E-state index is 10.9. The van der Waals surface area contributed by atoms with E-state index in [2.05, 4.69) is 4.98 Å². The predicted molar refractivity (Wildman–Crippen MR) is 58.3 cm³/mol. The number of aromatic carboxylic acids is 1. The molecule has 5 heteroatoms. The van der Waals surface area contributed by atoms with Crippen molar-refractivity contribution in [2.75, 3.05) is 0 Å². The highest BCUT2D eigenvalue weighted by Crippen LogP contribution is 2.05. The molecule has 0 aliphatic carbocycles. The van der Waals surface area contributed by atoms with Crippen molar-refractivity contribution in [1.29, 1.82) is 0 Å². The number of aromatic nitrogens is 3. The normalized spacial score (nSPS) is 10.6. The van der Waals surface area contributed by atoms with Gasteiger partial charge in [0.15, 0.2) is 0 Å². The van der Waals surface area contributed by atoms with Crippen molar-refractivity contribution in [3.63, 3.8) is 0 Å². The minimum Gasteiger partial charge on any atom is -0.477 e. The quantitative estimate of drug-likeness (QED) is 0.839. The number of rotatable bonds is 4. The molecule has 16 heavy (non-hydrogen) atoms. The average Bonchev–Trinajstić information content (AvgIpc) is 2.83. The lowest BCUT2D eigenvalue weighted by atomic mass is 10.3. The van der Waals surface area contributed by atoms with E-state index < -0.39 is 5.97 Å². The zero-order chi connectivity index (χ0) is 11.5. The maximum absolute atomic E-state index is 10.9. The van der Waals surface area contributed by atoms with Gasteiger partial charge in [0.25, 0.3) is 0 Å². The summed E-state index contributed by atoms with van der Waals surface area (Å²) >= 11 is 0. The Kier molecular flexibility index (Phi) is 2.76. The maximum Gasteiger partial charge on any atom is 0.352 e. The topological polar surface area (TPSA) is 60.0 Å². The third-order valence-electron chi connectivity index (χ3n) is 2.55. The SMILES string of the molecule is Cn1ccnc1CCn1cccc1C(=O)O. The Morgan fingerprint density at radius 1 is 1.50 bits per heavy atom. The molecule has 0 atom stereocenters. The van der Waals surface area contributed by atoms with Crippen molar-refractivity contribution in [3.05, 3.63) is 42.2 Å². The van der Waals surface area contributed by atoms with E-state index in [1.54, 1.807) is 29.1 Å². The second kappa shape index (κ2) is 4.22. The number of aryl methyl sites for hydroxylation is 3. The summed E-state index contributed by atoms with van der Waals surface area (Å²) in [5, 5.41) is 8.92. The molecule has 84 valence electrons. The highest BCUT2D eigenvalue weighted by Gasteiger charge is 2.08. The summed E-state index contributed by atoms with van der Waals surface area (Å²) < 4.78 is 3.65. The van der Waals surface area contributed by atoms with Crippen molar-refractivity contribution in [3.8, 4) is 0 Å². The van der Waals surface area contributed by atoms with Gasteiger partial charge in [-0.2, -0.15) is 0 Å². The first-order valence-electron chi connectivity index (χ1n) is 5.03. The Morgan fingerprint density at radius 2 is 2.31 bits per heavy atom. The number of hydrogen-bond donors (Lipinski definition) is 1. The molecule has 5 nitrogen and oxygen atoms in total. The Labute approximate surface area is 93.0 Å². The summed E-state index contributed by atoms with van der Waals surface area (Å²) in [5.41, 5.74) is 0.314. The van der Waals surface area contributed by atoms with Gasteiger partial charge in [0.05, 0.1) is 0 Å². The van der Waals surface area contributed by atoms with Gasteiger partial charge < -0.3 is 14.2 Å². The number of imidazole rings is 1. The van der Waals surface area contributed by atoms with Gasteiger partial charge in [0.1, 0.15) is 11.5 Å². The summed E-state index contributed by atoms with van der Waals surface area (Å²) in [6.07, 6.45) is 6.11. The molecule has 2 aromatic heterocycles. The monoisotopic (exact) mass is 219 g/mol. The summed E-state index contributed by atoms with van der Waals surface area (Å²) in [6.45, 7) is 0.624. The third-order valence-corrected chi connectivity index (χ3v) is 2.55. The van der Waals surface area contributed by atoms with E-state index in [9.17, 15) is 4.79 Å². The molecular weight excluding hydrogens is 206 g/mol. The Bertz CT molecular complexity index is 499. The van der Waals surface area contributed by atoms with Crippen molar-refractivity contribution in [2.45, 2.75) is 13.0 Å². The van der Waals surface area contributed by atoms with Gasteiger partial charge in [0.2, 0.25) is 0 Å². The minimum absolute atomic E-state index is 0.314. The first kappa shape index (κ1) is 10.5. The Hall–Kier alpha value is -2.04. The molecule has 0 amide bonds. The third kappa shape index (κ3) is 1.98. The van der Waals surface area contributed by atoms with Crippen LogP contribution in [0, 0.1) is 0 Å². The van der Waals surface area contributed by atoms with Crippen LogP contribution in [-0.2, 0) is 20.0 Å². The molecule has 1 N–H and O–H groups in total. The molecule has 2 rings (SSSR count). The lowest BCUT2D eigenvalue weighted by Crippen LogP contribution is -2.10. The van der Waals surface area contributed by atoms with Gasteiger partial charge in [0, 0.05) is 38.6 Å². The van der Waals surface area contributed by atoms with Crippen molar-refractivity contribution in [1.82, 2.24) is 14.1 Å². The highest BCUT2D eigenvalue weighted by atomic mass is 16.4. The van der Waals surface area contributed by atoms with Crippen LogP contribution in [0.4, 0.5) is 0 Å². The van der Waals surface area contributed by atoms with Crippen LogP contribution in [0.3, 0.4) is 0 Å². The number of nitrogens with zero attached hydrogens (tertiary/aromatic N) is 3. The second-order valence-corrected chi connectivity index (χ2v) is 3.60. The van der Waals surface area contributed by atoms with Crippen LogP contribution in [0.1, 0.15) is 16.3 Å². The molecule has 0 bridgehead atoms. The van der Waals surface area contributed by atoms with Crippen LogP contribution in [0.5, 0.6) is 0 Å². The molecule has 0 aromatic carbocycles. The fourth-order valence-corrected chi connectivity index (χ4v) is 1.66. The van der Waals surface area contributed by atoms with Crippen LogP contribution >= 0.6 is 0 Å². The van der Waals surface area contributed by atoms with Crippen LogP contribution in [0.25, 0.3) is 0 Å². The van der Waals surface area contributed by atoms with E-state index in [4.69, 9.17) is 5.11 Å². The lowest BCUT2D eigenvalue weighted by molar-refractivity contribution is 0.0685. The van der Waals surface area contributed by atoms with E-state index in [0.29, 0.717) is 12.2 Å². The zero-order valence-electron chi connectivity index (χ0n) is 9.00. The number of carbonyl (C=O) groups is 1. The molecule has 0 aliphatic rings. The van der Waals surface area contributed by atoms with Crippen molar-refractivity contribution >= 4 is 5.97 Å². The van der Waals surface area contributed by atoms with Crippen LogP contribution in [0.15, 0.2) is 30.7 Å².